The first kappa shape index (κ1) is 7.07. The molecule has 0 heterocycles. The standard InChI is InChI=1S/C10H12/c1-3-9-6-5-7-10(4-2)8-9/h3,5-8H,1,4H2,2H3. The van der Waals surface area contributed by atoms with Gasteiger partial charge in [0.05, 0.1) is 0 Å². The number of hydrogen-bond donors (Lipinski definition) is 0. The Morgan fingerprint density at radius 1 is 1.50 bits per heavy atom. The topological polar surface area (TPSA) is 0 Å². The summed E-state index contributed by atoms with van der Waals surface area (Å²) in [5, 5.41) is 0. The van der Waals surface area contributed by atoms with E-state index in [0.717, 1.165) is 6.42 Å². The lowest BCUT2D eigenvalue weighted by Crippen LogP contribution is -1.79. The zero-order chi connectivity index (χ0) is 7.40. The van der Waals surface area contributed by atoms with Gasteiger partial charge in [-0.15, -0.1) is 0 Å². The molecular weight excluding hydrogens is 120 g/mol. The molecule has 0 aliphatic carbocycles. The average Bonchev–Trinajstić information content (AvgIpc) is 2.05. The minimum atomic E-state index is 1.10. The molecule has 0 aliphatic heterocycles. The highest BCUT2D eigenvalue weighted by molar-refractivity contribution is 5.47. The van der Waals surface area contributed by atoms with Gasteiger partial charge in [-0.2, -0.15) is 0 Å². The Hall–Kier alpha value is -1.04. The lowest BCUT2D eigenvalue weighted by molar-refractivity contribution is 1.14. The second-order valence-corrected chi connectivity index (χ2v) is 2.30. The van der Waals surface area contributed by atoms with Gasteiger partial charge in [-0.25, -0.2) is 0 Å². The molecule has 0 aromatic heterocycles. The summed E-state index contributed by atoms with van der Waals surface area (Å²) in [7, 11) is 0. The van der Waals surface area contributed by atoms with Gasteiger partial charge < -0.3 is 0 Å². The van der Waals surface area contributed by atoms with Crippen LogP contribution in [0.4, 0.5) is 0 Å². The van der Waals surface area contributed by atoms with Gasteiger partial charge in [-0.3, -0.25) is 0 Å². The Labute approximate surface area is 62.2 Å². The van der Waals surface area contributed by atoms with Gasteiger partial charge >= 0.3 is 0 Å². The SMILES string of the molecule is C=Cc1cccc(CC)c1. The Morgan fingerprint density at radius 2 is 2.30 bits per heavy atom. The summed E-state index contributed by atoms with van der Waals surface area (Å²) in [4.78, 5) is 0. The zero-order valence-corrected chi connectivity index (χ0v) is 6.30. The molecule has 52 valence electrons. The van der Waals surface area contributed by atoms with E-state index in [1.54, 1.807) is 0 Å². The summed E-state index contributed by atoms with van der Waals surface area (Å²) in [5.41, 5.74) is 2.58. The fraction of sp³-hybridized carbons (Fsp3) is 0.200. The minimum Gasteiger partial charge on any atom is -0.0985 e. The molecular formula is C10H12. The van der Waals surface area contributed by atoms with Crippen molar-refractivity contribution in [1.29, 1.82) is 0 Å². The molecule has 1 rings (SSSR count). The average molecular weight is 132 g/mol. The Bertz CT molecular complexity index is 223. The van der Waals surface area contributed by atoms with E-state index < -0.39 is 0 Å². The molecule has 10 heavy (non-hydrogen) atoms. The van der Waals surface area contributed by atoms with E-state index in [0.29, 0.717) is 0 Å². The second-order valence-electron chi connectivity index (χ2n) is 2.30. The van der Waals surface area contributed by atoms with Gasteiger partial charge in [-0.05, 0) is 17.5 Å². The third-order valence-electron chi connectivity index (χ3n) is 1.59. The molecule has 0 saturated carbocycles. The maximum atomic E-state index is 3.71. The van der Waals surface area contributed by atoms with E-state index in [1.807, 2.05) is 6.08 Å². The molecule has 0 heteroatoms. The van der Waals surface area contributed by atoms with Crippen LogP contribution < -0.4 is 0 Å². The number of rotatable bonds is 2. The summed E-state index contributed by atoms with van der Waals surface area (Å²) in [6.45, 7) is 5.86. The first-order valence-corrected chi connectivity index (χ1v) is 3.58. The molecule has 0 radical (unpaired) electrons. The predicted octanol–water partition coefficient (Wildman–Crippen LogP) is 2.89. The third kappa shape index (κ3) is 1.47. The van der Waals surface area contributed by atoms with E-state index in [-0.39, 0.29) is 0 Å². The zero-order valence-electron chi connectivity index (χ0n) is 6.30. The summed E-state index contributed by atoms with van der Waals surface area (Å²) < 4.78 is 0. The highest BCUT2D eigenvalue weighted by Crippen LogP contribution is 2.05. The van der Waals surface area contributed by atoms with Crippen LogP contribution in [0.2, 0.25) is 0 Å². The van der Waals surface area contributed by atoms with Crippen LogP contribution in [0.15, 0.2) is 30.8 Å². The highest BCUT2D eigenvalue weighted by Gasteiger charge is 1.87. The Morgan fingerprint density at radius 3 is 2.90 bits per heavy atom. The van der Waals surface area contributed by atoms with E-state index in [9.17, 15) is 0 Å². The monoisotopic (exact) mass is 132 g/mol. The van der Waals surface area contributed by atoms with Crippen molar-refractivity contribution in [2.45, 2.75) is 13.3 Å². The summed E-state index contributed by atoms with van der Waals surface area (Å²) in [5.74, 6) is 0. The fourth-order valence-electron chi connectivity index (χ4n) is 0.940. The van der Waals surface area contributed by atoms with Gasteiger partial charge in [0.25, 0.3) is 0 Å². The number of hydrogen-bond acceptors (Lipinski definition) is 0. The van der Waals surface area contributed by atoms with Crippen molar-refractivity contribution < 1.29 is 0 Å². The van der Waals surface area contributed by atoms with Crippen LogP contribution in [0.1, 0.15) is 18.1 Å². The summed E-state index contributed by atoms with van der Waals surface area (Å²) >= 11 is 0. The van der Waals surface area contributed by atoms with E-state index in [4.69, 9.17) is 0 Å². The fourth-order valence-corrected chi connectivity index (χ4v) is 0.940. The minimum absolute atomic E-state index is 1.10. The van der Waals surface area contributed by atoms with Gasteiger partial charge in [0.15, 0.2) is 0 Å². The molecule has 1 aromatic rings. The first-order valence-electron chi connectivity index (χ1n) is 3.58. The largest absolute Gasteiger partial charge is 0.0985 e. The molecule has 0 N–H and O–H groups in total. The molecule has 0 amide bonds. The highest BCUT2D eigenvalue weighted by atomic mass is 13.9. The van der Waals surface area contributed by atoms with Gasteiger partial charge in [0.2, 0.25) is 0 Å². The van der Waals surface area contributed by atoms with Gasteiger partial charge in [0, 0.05) is 0 Å². The normalized spacial score (nSPS) is 9.30. The van der Waals surface area contributed by atoms with Gasteiger partial charge in [0.1, 0.15) is 0 Å². The number of benzene rings is 1. The Kier molecular flexibility index (Phi) is 2.27. The van der Waals surface area contributed by atoms with Crippen molar-refractivity contribution in [3.63, 3.8) is 0 Å². The molecule has 0 spiro atoms. The molecule has 0 atom stereocenters. The van der Waals surface area contributed by atoms with Crippen LogP contribution in [0.5, 0.6) is 0 Å². The first-order chi connectivity index (χ1) is 4.86. The second kappa shape index (κ2) is 3.21. The molecule has 0 saturated heterocycles. The van der Waals surface area contributed by atoms with Crippen molar-refractivity contribution in [2.24, 2.45) is 0 Å². The van der Waals surface area contributed by atoms with Crippen molar-refractivity contribution in [1.82, 2.24) is 0 Å². The Balaban J connectivity index is 2.98. The summed E-state index contributed by atoms with van der Waals surface area (Å²) in [6, 6.07) is 8.42. The lowest BCUT2D eigenvalue weighted by Gasteiger charge is -1.96. The molecule has 1 aromatic carbocycles. The molecule has 0 unspecified atom stereocenters. The maximum Gasteiger partial charge on any atom is -0.0260 e. The molecule has 0 aliphatic rings. The van der Waals surface area contributed by atoms with Crippen LogP contribution in [-0.4, -0.2) is 0 Å². The van der Waals surface area contributed by atoms with Crippen LogP contribution in [-0.2, 0) is 6.42 Å². The quantitative estimate of drug-likeness (QED) is 0.580. The van der Waals surface area contributed by atoms with Crippen molar-refractivity contribution in [3.05, 3.63) is 42.0 Å². The van der Waals surface area contributed by atoms with Gasteiger partial charge in [-0.1, -0.05) is 43.8 Å². The molecule has 0 bridgehead atoms. The van der Waals surface area contributed by atoms with Crippen molar-refractivity contribution in [2.75, 3.05) is 0 Å². The third-order valence-corrected chi connectivity index (χ3v) is 1.59. The smallest absolute Gasteiger partial charge is 0.0260 e. The van der Waals surface area contributed by atoms with Crippen molar-refractivity contribution >= 4 is 6.08 Å². The maximum absolute atomic E-state index is 3.71. The van der Waals surface area contributed by atoms with E-state index in [2.05, 4.69) is 37.8 Å². The van der Waals surface area contributed by atoms with Crippen LogP contribution in [0.3, 0.4) is 0 Å². The van der Waals surface area contributed by atoms with Crippen molar-refractivity contribution in [3.8, 4) is 0 Å². The van der Waals surface area contributed by atoms with E-state index >= 15 is 0 Å². The predicted molar refractivity (Wildman–Crippen MR) is 45.9 cm³/mol. The number of aryl methyl sites for hydroxylation is 1. The van der Waals surface area contributed by atoms with E-state index in [1.165, 1.54) is 11.1 Å². The molecule has 0 fully saturated rings. The lowest BCUT2D eigenvalue weighted by atomic mass is 10.1. The van der Waals surface area contributed by atoms with Crippen LogP contribution in [0, 0.1) is 0 Å². The summed E-state index contributed by atoms with van der Waals surface area (Å²) in [6.07, 6.45) is 2.97. The molecule has 0 nitrogen and oxygen atoms in total. The van der Waals surface area contributed by atoms with Crippen LogP contribution >= 0.6 is 0 Å². The van der Waals surface area contributed by atoms with Crippen LogP contribution in [0.25, 0.3) is 6.08 Å².